The third kappa shape index (κ3) is 2.80. The van der Waals surface area contributed by atoms with Crippen LogP contribution in [0.2, 0.25) is 0 Å². The van der Waals surface area contributed by atoms with Crippen molar-refractivity contribution in [3.8, 4) is 0 Å². The summed E-state index contributed by atoms with van der Waals surface area (Å²) in [6.07, 6.45) is 0. The van der Waals surface area contributed by atoms with Gasteiger partial charge in [-0.15, -0.1) is 0 Å². The van der Waals surface area contributed by atoms with E-state index < -0.39 is 9.84 Å². The van der Waals surface area contributed by atoms with E-state index in [9.17, 15) is 8.42 Å². The van der Waals surface area contributed by atoms with Gasteiger partial charge in [-0.2, -0.15) is 0 Å². The lowest BCUT2D eigenvalue weighted by atomic mass is 10.2. The van der Waals surface area contributed by atoms with Gasteiger partial charge in [0.1, 0.15) is 0 Å². The molecule has 4 nitrogen and oxygen atoms in total. The second-order valence-corrected chi connectivity index (χ2v) is 8.09. The summed E-state index contributed by atoms with van der Waals surface area (Å²) < 4.78 is 27.5. The van der Waals surface area contributed by atoms with Crippen LogP contribution in [-0.2, 0) is 16.4 Å². The highest BCUT2D eigenvalue weighted by molar-refractivity contribution is 9.10. The monoisotopic (exact) mass is 378 g/mol. The van der Waals surface area contributed by atoms with E-state index in [1.165, 1.54) is 0 Å². The molecule has 0 N–H and O–H groups in total. The Balaban J connectivity index is 2.17. The van der Waals surface area contributed by atoms with Crippen LogP contribution in [0.1, 0.15) is 12.5 Å². The number of sulfone groups is 1. The molecule has 0 aliphatic rings. The van der Waals surface area contributed by atoms with Gasteiger partial charge in [0.25, 0.3) is 0 Å². The molecule has 1 heterocycles. The number of benzene rings is 2. The lowest BCUT2D eigenvalue weighted by Gasteiger charge is -2.09. The maximum absolute atomic E-state index is 12.3. The van der Waals surface area contributed by atoms with Crippen LogP contribution in [0, 0.1) is 0 Å². The molecule has 0 bridgehead atoms. The zero-order valence-corrected chi connectivity index (χ0v) is 14.4. The second-order valence-electron chi connectivity index (χ2n) is 5.00. The van der Waals surface area contributed by atoms with Crippen molar-refractivity contribution in [1.29, 1.82) is 0 Å². The van der Waals surface area contributed by atoms with Crippen LogP contribution in [0.15, 0.2) is 58.2 Å². The number of aromatic nitrogens is 2. The molecule has 0 aliphatic heterocycles. The number of hydrogen-bond acceptors (Lipinski definition) is 3. The number of imidazole rings is 1. The molecule has 0 fully saturated rings. The maximum atomic E-state index is 12.3. The summed E-state index contributed by atoms with van der Waals surface area (Å²) in [5, 5.41) is 0.138. The second kappa shape index (κ2) is 5.85. The van der Waals surface area contributed by atoms with Crippen molar-refractivity contribution in [1.82, 2.24) is 9.55 Å². The summed E-state index contributed by atoms with van der Waals surface area (Å²) in [7, 11) is -3.38. The van der Waals surface area contributed by atoms with Gasteiger partial charge in [0.05, 0.1) is 23.3 Å². The molecule has 6 heteroatoms. The summed E-state index contributed by atoms with van der Waals surface area (Å²) in [5.41, 5.74) is 2.56. The van der Waals surface area contributed by atoms with E-state index in [4.69, 9.17) is 0 Å². The van der Waals surface area contributed by atoms with Crippen LogP contribution >= 0.6 is 15.9 Å². The minimum absolute atomic E-state index is 0.0384. The first kappa shape index (κ1) is 15.2. The first-order chi connectivity index (χ1) is 10.5. The minimum Gasteiger partial charge on any atom is -0.310 e. The van der Waals surface area contributed by atoms with Crippen molar-refractivity contribution in [2.45, 2.75) is 18.6 Å². The Hall–Kier alpha value is -1.66. The Morgan fingerprint density at radius 1 is 1.09 bits per heavy atom. The minimum atomic E-state index is -3.38. The molecule has 0 radical (unpaired) electrons. The molecule has 3 aromatic rings. The van der Waals surface area contributed by atoms with Crippen LogP contribution in [0.3, 0.4) is 0 Å². The molecular weight excluding hydrogens is 364 g/mol. The topological polar surface area (TPSA) is 52.0 Å². The molecule has 0 saturated carbocycles. The van der Waals surface area contributed by atoms with Crippen molar-refractivity contribution < 1.29 is 8.42 Å². The number of rotatable bonds is 4. The van der Waals surface area contributed by atoms with Crippen molar-refractivity contribution in [2.75, 3.05) is 5.75 Å². The van der Waals surface area contributed by atoms with Gasteiger partial charge in [0, 0.05) is 4.47 Å². The van der Waals surface area contributed by atoms with Crippen molar-refractivity contribution in [3.63, 3.8) is 0 Å². The third-order valence-corrected chi connectivity index (χ3v) is 5.69. The van der Waals surface area contributed by atoms with Gasteiger partial charge in [-0.05, 0) is 29.8 Å². The number of halogens is 1. The van der Waals surface area contributed by atoms with Gasteiger partial charge in [0.2, 0.25) is 15.0 Å². The average Bonchev–Trinajstić information content (AvgIpc) is 2.89. The maximum Gasteiger partial charge on any atom is 0.229 e. The third-order valence-electron chi connectivity index (χ3n) is 3.53. The van der Waals surface area contributed by atoms with Crippen LogP contribution in [0.4, 0.5) is 0 Å². The van der Waals surface area contributed by atoms with Gasteiger partial charge >= 0.3 is 0 Å². The number of nitrogens with zero attached hydrogens (tertiary/aromatic N) is 2. The quantitative estimate of drug-likeness (QED) is 0.696. The van der Waals surface area contributed by atoms with Gasteiger partial charge < -0.3 is 4.57 Å². The summed E-state index contributed by atoms with van der Waals surface area (Å²) in [6.45, 7) is 2.11. The van der Waals surface area contributed by atoms with Crippen molar-refractivity contribution in [2.24, 2.45) is 0 Å². The first-order valence-electron chi connectivity index (χ1n) is 6.94. The number of hydrogen-bond donors (Lipinski definition) is 0. The van der Waals surface area contributed by atoms with Crippen molar-refractivity contribution in [3.05, 3.63) is 58.6 Å². The summed E-state index contributed by atoms with van der Waals surface area (Å²) >= 11 is 3.41. The van der Waals surface area contributed by atoms with Crippen LogP contribution in [-0.4, -0.2) is 23.7 Å². The Kier molecular flexibility index (Phi) is 4.06. The molecule has 22 heavy (non-hydrogen) atoms. The normalized spacial score (nSPS) is 11.9. The van der Waals surface area contributed by atoms with E-state index >= 15 is 0 Å². The Morgan fingerprint density at radius 2 is 1.77 bits per heavy atom. The van der Waals surface area contributed by atoms with E-state index in [0.29, 0.717) is 12.1 Å². The van der Waals surface area contributed by atoms with Crippen LogP contribution < -0.4 is 0 Å². The fourth-order valence-electron chi connectivity index (χ4n) is 2.35. The Labute approximate surface area is 137 Å². The zero-order valence-electron chi connectivity index (χ0n) is 12.0. The van der Waals surface area contributed by atoms with E-state index in [-0.39, 0.29) is 10.9 Å². The molecule has 0 spiro atoms. The summed E-state index contributed by atoms with van der Waals surface area (Å²) in [6, 6.07) is 15.3. The smallest absolute Gasteiger partial charge is 0.229 e. The predicted molar refractivity (Wildman–Crippen MR) is 90.7 cm³/mol. The molecule has 1 aromatic heterocycles. The molecule has 2 aromatic carbocycles. The molecule has 0 atom stereocenters. The van der Waals surface area contributed by atoms with Gasteiger partial charge in [-0.3, -0.25) is 0 Å². The number of para-hydroxylation sites is 2. The standard InChI is InChI=1S/C16H15BrN2O2S/c1-2-22(20,21)16-18-14-5-3-4-6-15(14)19(16)11-12-7-9-13(17)10-8-12/h3-10H,2,11H2,1H3. The Bertz CT molecular complexity index is 915. The SMILES string of the molecule is CCS(=O)(=O)c1nc2ccccc2n1Cc1ccc(Br)cc1. The highest BCUT2D eigenvalue weighted by atomic mass is 79.9. The van der Waals surface area contributed by atoms with Crippen LogP contribution in [0.5, 0.6) is 0 Å². The molecule has 114 valence electrons. The molecule has 0 amide bonds. The fraction of sp³-hybridized carbons (Fsp3) is 0.188. The molecule has 0 saturated heterocycles. The van der Waals surface area contributed by atoms with Gasteiger partial charge in [0.15, 0.2) is 0 Å². The van der Waals surface area contributed by atoms with E-state index in [1.807, 2.05) is 48.5 Å². The largest absolute Gasteiger partial charge is 0.310 e. The molecular formula is C16H15BrN2O2S. The van der Waals surface area contributed by atoms with E-state index in [0.717, 1.165) is 15.6 Å². The van der Waals surface area contributed by atoms with Crippen LogP contribution in [0.25, 0.3) is 11.0 Å². The first-order valence-corrected chi connectivity index (χ1v) is 9.38. The highest BCUT2D eigenvalue weighted by Gasteiger charge is 2.21. The zero-order chi connectivity index (χ0) is 15.7. The molecule has 0 aliphatic carbocycles. The number of fused-ring (bicyclic) bond motifs is 1. The van der Waals surface area contributed by atoms with Crippen molar-refractivity contribution >= 4 is 36.8 Å². The summed E-state index contributed by atoms with van der Waals surface area (Å²) in [5.74, 6) is 0.0384. The lowest BCUT2D eigenvalue weighted by Crippen LogP contribution is -2.13. The van der Waals surface area contributed by atoms with Gasteiger partial charge in [-0.25, -0.2) is 13.4 Å². The summed E-state index contributed by atoms with van der Waals surface area (Å²) in [4.78, 5) is 4.33. The predicted octanol–water partition coefficient (Wildman–Crippen LogP) is 3.64. The fourth-order valence-corrected chi connectivity index (χ4v) is 3.60. The lowest BCUT2D eigenvalue weighted by molar-refractivity contribution is 0.576. The van der Waals surface area contributed by atoms with E-state index in [2.05, 4.69) is 20.9 Å². The molecule has 3 rings (SSSR count). The molecule has 0 unspecified atom stereocenters. The highest BCUT2D eigenvalue weighted by Crippen LogP contribution is 2.22. The van der Waals surface area contributed by atoms with E-state index in [1.54, 1.807) is 11.5 Å². The average molecular weight is 379 g/mol. The Morgan fingerprint density at radius 3 is 2.45 bits per heavy atom. The van der Waals surface area contributed by atoms with Gasteiger partial charge in [-0.1, -0.05) is 47.1 Å².